The molecule has 0 saturated carbocycles. The third kappa shape index (κ3) is 4.06. The van der Waals surface area contributed by atoms with Crippen LogP contribution >= 0.6 is 11.6 Å². The first kappa shape index (κ1) is 14.6. The monoisotopic (exact) mass is 299 g/mol. The van der Waals surface area contributed by atoms with E-state index in [2.05, 4.69) is 10.6 Å². The molecule has 0 heterocycles. The van der Waals surface area contributed by atoms with Crippen LogP contribution in [0.2, 0.25) is 5.02 Å². The molecule has 2 rings (SSSR count). The highest BCUT2D eigenvalue weighted by atomic mass is 35.5. The molecule has 2 aromatic rings. The predicted molar refractivity (Wildman–Crippen MR) is 79.9 cm³/mol. The van der Waals surface area contributed by atoms with E-state index < -0.39 is 11.8 Å². The van der Waals surface area contributed by atoms with Gasteiger partial charge >= 0.3 is 11.8 Å². The van der Waals surface area contributed by atoms with Gasteiger partial charge in [-0.3, -0.25) is 9.59 Å². The number of rotatable bonds is 2. The third-order valence-corrected chi connectivity index (χ3v) is 2.80. The number of anilines is 2. The van der Waals surface area contributed by atoms with Gasteiger partial charge < -0.3 is 10.6 Å². The molecule has 0 aliphatic heterocycles. The largest absolute Gasteiger partial charge is 0.318 e. The molecule has 2 N–H and O–H groups in total. The van der Waals surface area contributed by atoms with Crippen molar-refractivity contribution in [3.63, 3.8) is 0 Å². The zero-order valence-corrected chi connectivity index (χ0v) is 11.5. The van der Waals surface area contributed by atoms with Gasteiger partial charge in [-0.1, -0.05) is 17.7 Å². The van der Waals surface area contributed by atoms with E-state index >= 15 is 0 Å². The van der Waals surface area contributed by atoms with Crippen LogP contribution in [0.15, 0.2) is 48.5 Å². The van der Waals surface area contributed by atoms with Gasteiger partial charge in [-0.15, -0.1) is 0 Å². The van der Waals surface area contributed by atoms with Crippen LogP contribution in [-0.2, 0) is 9.59 Å². The second kappa shape index (κ2) is 6.55. The quantitative estimate of drug-likeness (QED) is 0.837. The van der Waals surface area contributed by atoms with Crippen molar-refractivity contribution in [2.75, 3.05) is 10.6 Å². The van der Waals surface area contributed by atoms with Gasteiger partial charge in [0.15, 0.2) is 0 Å². The summed E-state index contributed by atoms with van der Waals surface area (Å²) in [5.74, 6) is -1.61. The fraction of sp³-hybridized carbons (Fsp3) is 0. The summed E-state index contributed by atoms with van der Waals surface area (Å²) < 4.78 is 0. The number of carbonyl (C=O) groups excluding carboxylic acids is 2. The number of benzene rings is 2. The highest BCUT2D eigenvalue weighted by Crippen LogP contribution is 2.15. The van der Waals surface area contributed by atoms with Gasteiger partial charge in [0.2, 0.25) is 0 Å². The van der Waals surface area contributed by atoms with Gasteiger partial charge in [-0.25, -0.2) is 0 Å². The van der Waals surface area contributed by atoms with E-state index in [0.29, 0.717) is 22.0 Å². The molecular weight excluding hydrogens is 290 g/mol. The van der Waals surface area contributed by atoms with Crippen LogP contribution in [0.5, 0.6) is 0 Å². The molecule has 0 aromatic heterocycles. The first-order valence-corrected chi connectivity index (χ1v) is 6.34. The lowest BCUT2D eigenvalue weighted by Gasteiger charge is -2.06. The minimum atomic E-state index is -0.806. The Bertz CT molecular complexity index is 720. The van der Waals surface area contributed by atoms with E-state index in [-0.39, 0.29) is 0 Å². The van der Waals surface area contributed by atoms with E-state index in [4.69, 9.17) is 16.9 Å². The molecule has 0 atom stereocenters. The van der Waals surface area contributed by atoms with E-state index in [1.807, 2.05) is 6.07 Å². The molecule has 2 aromatic carbocycles. The Hall–Kier alpha value is -2.84. The van der Waals surface area contributed by atoms with Crippen molar-refractivity contribution in [3.05, 3.63) is 59.1 Å². The summed E-state index contributed by atoms with van der Waals surface area (Å²) in [6, 6.07) is 14.6. The molecule has 0 radical (unpaired) electrons. The minimum absolute atomic E-state index is 0.431. The zero-order valence-electron chi connectivity index (χ0n) is 10.8. The van der Waals surface area contributed by atoms with Crippen LogP contribution in [0.3, 0.4) is 0 Å². The lowest BCUT2D eigenvalue weighted by molar-refractivity contribution is -0.132. The van der Waals surface area contributed by atoms with Crippen molar-refractivity contribution < 1.29 is 9.59 Å². The Morgan fingerprint density at radius 1 is 0.952 bits per heavy atom. The van der Waals surface area contributed by atoms with Crippen LogP contribution in [0, 0.1) is 11.3 Å². The highest BCUT2D eigenvalue weighted by molar-refractivity contribution is 6.43. The Morgan fingerprint density at radius 2 is 1.57 bits per heavy atom. The van der Waals surface area contributed by atoms with E-state index in [1.54, 1.807) is 42.5 Å². The Balaban J connectivity index is 1.99. The van der Waals surface area contributed by atoms with Gasteiger partial charge in [0.05, 0.1) is 11.6 Å². The maximum absolute atomic E-state index is 11.7. The van der Waals surface area contributed by atoms with Crippen LogP contribution in [0.1, 0.15) is 5.56 Å². The third-order valence-electron chi connectivity index (χ3n) is 2.56. The van der Waals surface area contributed by atoms with Gasteiger partial charge in [0.1, 0.15) is 0 Å². The zero-order chi connectivity index (χ0) is 15.2. The molecule has 0 aliphatic rings. The maximum atomic E-state index is 11.7. The van der Waals surface area contributed by atoms with Crippen molar-refractivity contribution in [3.8, 4) is 6.07 Å². The normalized spacial score (nSPS) is 9.52. The van der Waals surface area contributed by atoms with E-state index in [0.717, 1.165) is 0 Å². The average molecular weight is 300 g/mol. The van der Waals surface area contributed by atoms with Gasteiger partial charge in [0.25, 0.3) is 0 Å². The SMILES string of the molecule is N#Cc1ccc(NC(=O)C(=O)Nc2cccc(Cl)c2)cc1. The number of hydrogen-bond acceptors (Lipinski definition) is 3. The molecule has 0 unspecified atom stereocenters. The number of hydrogen-bond donors (Lipinski definition) is 2. The van der Waals surface area contributed by atoms with E-state index in [9.17, 15) is 9.59 Å². The summed E-state index contributed by atoms with van der Waals surface area (Å²) in [5.41, 5.74) is 1.33. The Kier molecular flexibility index (Phi) is 4.54. The van der Waals surface area contributed by atoms with E-state index in [1.165, 1.54) is 6.07 Å². The number of nitriles is 1. The Morgan fingerprint density at radius 3 is 2.14 bits per heavy atom. The van der Waals surface area contributed by atoms with Crippen molar-refractivity contribution >= 4 is 34.8 Å². The lowest BCUT2D eigenvalue weighted by atomic mass is 10.2. The topological polar surface area (TPSA) is 82.0 Å². The first-order chi connectivity index (χ1) is 10.1. The molecular formula is C15H10ClN3O2. The molecule has 0 fully saturated rings. The molecule has 0 bridgehead atoms. The highest BCUT2D eigenvalue weighted by Gasteiger charge is 2.14. The summed E-state index contributed by atoms with van der Waals surface area (Å²) in [6.07, 6.45) is 0. The van der Waals surface area contributed by atoms with Crippen LogP contribution in [0.4, 0.5) is 11.4 Å². The van der Waals surface area contributed by atoms with Gasteiger partial charge in [0, 0.05) is 16.4 Å². The molecule has 0 saturated heterocycles. The summed E-state index contributed by atoms with van der Waals surface area (Å²) >= 11 is 5.79. The number of halogens is 1. The summed E-state index contributed by atoms with van der Waals surface area (Å²) in [5, 5.41) is 14.0. The van der Waals surface area contributed by atoms with Crippen molar-refractivity contribution in [1.29, 1.82) is 5.26 Å². The molecule has 0 aliphatic carbocycles. The fourth-order valence-electron chi connectivity index (χ4n) is 1.57. The molecule has 104 valence electrons. The summed E-state index contributed by atoms with van der Waals surface area (Å²) in [4.78, 5) is 23.5. The number of nitrogens with one attached hydrogen (secondary N) is 2. The van der Waals surface area contributed by atoms with Crippen LogP contribution < -0.4 is 10.6 Å². The fourth-order valence-corrected chi connectivity index (χ4v) is 1.76. The molecule has 6 heteroatoms. The van der Waals surface area contributed by atoms with Crippen molar-refractivity contribution in [1.82, 2.24) is 0 Å². The second-order valence-corrected chi connectivity index (χ2v) is 4.54. The number of amides is 2. The molecule has 5 nitrogen and oxygen atoms in total. The minimum Gasteiger partial charge on any atom is -0.318 e. The predicted octanol–water partition coefficient (Wildman–Crippen LogP) is 2.79. The van der Waals surface area contributed by atoms with Crippen molar-refractivity contribution in [2.24, 2.45) is 0 Å². The maximum Gasteiger partial charge on any atom is 0.314 e. The lowest BCUT2D eigenvalue weighted by Crippen LogP contribution is -2.29. The molecule has 21 heavy (non-hydrogen) atoms. The molecule has 0 spiro atoms. The van der Waals surface area contributed by atoms with Crippen LogP contribution in [0.25, 0.3) is 0 Å². The smallest absolute Gasteiger partial charge is 0.314 e. The average Bonchev–Trinajstić information content (AvgIpc) is 2.48. The standard InChI is InChI=1S/C15H10ClN3O2/c16-11-2-1-3-13(8-11)19-15(21)14(20)18-12-6-4-10(9-17)5-7-12/h1-8H,(H,18,20)(H,19,21). The second-order valence-electron chi connectivity index (χ2n) is 4.11. The summed E-state index contributed by atoms with van der Waals surface area (Å²) in [6.45, 7) is 0. The van der Waals surface area contributed by atoms with Gasteiger partial charge in [-0.2, -0.15) is 5.26 Å². The summed E-state index contributed by atoms with van der Waals surface area (Å²) in [7, 11) is 0. The number of carbonyl (C=O) groups is 2. The number of nitrogens with zero attached hydrogens (tertiary/aromatic N) is 1. The van der Waals surface area contributed by atoms with Crippen molar-refractivity contribution in [2.45, 2.75) is 0 Å². The molecule has 2 amide bonds. The van der Waals surface area contributed by atoms with Crippen LogP contribution in [-0.4, -0.2) is 11.8 Å². The first-order valence-electron chi connectivity index (χ1n) is 5.96. The van der Waals surface area contributed by atoms with Gasteiger partial charge in [-0.05, 0) is 42.5 Å². The Labute approximate surface area is 126 Å².